The molecule has 3 aromatic rings. The normalized spacial score (nSPS) is 23.1. The van der Waals surface area contributed by atoms with Gasteiger partial charge >= 0.3 is 0 Å². The Balaban J connectivity index is 2.03. The van der Waals surface area contributed by atoms with Crippen LogP contribution in [0.4, 0.5) is 8.78 Å². The number of thiophene rings is 1. The quantitative estimate of drug-likeness (QED) is 0.639. The molecule has 1 aliphatic carbocycles. The number of pyridine rings is 1. The van der Waals surface area contributed by atoms with Gasteiger partial charge in [-0.25, -0.2) is 8.78 Å². The van der Waals surface area contributed by atoms with Crippen LogP contribution in [0.5, 0.6) is 0 Å². The molecule has 0 aliphatic heterocycles. The average Bonchev–Trinajstić information content (AvgIpc) is 3.06. The molecule has 5 nitrogen and oxygen atoms in total. The van der Waals surface area contributed by atoms with Gasteiger partial charge in [-0.15, -0.1) is 11.3 Å². The third kappa shape index (κ3) is 2.21. The molecule has 0 bridgehead atoms. The van der Waals surface area contributed by atoms with Gasteiger partial charge in [0, 0.05) is 34.9 Å². The van der Waals surface area contributed by atoms with E-state index in [-0.39, 0.29) is 11.3 Å². The minimum atomic E-state index is -3.01. The van der Waals surface area contributed by atoms with E-state index in [2.05, 4.69) is 15.2 Å². The first-order valence-electron chi connectivity index (χ1n) is 7.05. The molecule has 8 heteroatoms. The summed E-state index contributed by atoms with van der Waals surface area (Å²) in [5, 5.41) is 17.4. The standard InChI is InChI=1S/C15H13F2N3O2S/c1-14(22)6-15(16,17)3-9-8-2-10(7-4-18-19-5-7)23-11(8)13(21)20-12(9)14/h2,4-5,22H,3,6H2,1H3,(H,18,19)(H,20,21)/t14-/m1/s1. The highest BCUT2D eigenvalue weighted by molar-refractivity contribution is 7.22. The van der Waals surface area contributed by atoms with E-state index >= 15 is 0 Å². The summed E-state index contributed by atoms with van der Waals surface area (Å²) in [5.74, 6) is -3.01. The molecule has 0 aromatic carbocycles. The van der Waals surface area contributed by atoms with Gasteiger partial charge in [0.05, 0.1) is 11.9 Å². The molecule has 120 valence electrons. The Hall–Kier alpha value is -2.06. The monoisotopic (exact) mass is 337 g/mol. The van der Waals surface area contributed by atoms with E-state index < -0.39 is 24.4 Å². The fourth-order valence-corrected chi connectivity index (χ4v) is 4.31. The number of fused-ring (bicyclic) bond motifs is 3. The zero-order valence-corrected chi connectivity index (χ0v) is 12.9. The van der Waals surface area contributed by atoms with Crippen LogP contribution in [0.15, 0.2) is 23.3 Å². The number of aliphatic hydroxyl groups is 1. The Labute approximate surface area is 133 Å². The number of hydrogen-bond acceptors (Lipinski definition) is 4. The molecule has 1 atom stereocenters. The summed E-state index contributed by atoms with van der Waals surface area (Å²) in [6, 6.07) is 1.72. The minimum absolute atomic E-state index is 0.192. The van der Waals surface area contributed by atoms with Gasteiger partial charge in [0.1, 0.15) is 10.3 Å². The highest BCUT2D eigenvalue weighted by Crippen LogP contribution is 2.45. The number of hydrogen-bond donors (Lipinski definition) is 3. The molecular weight excluding hydrogens is 324 g/mol. The molecule has 0 amide bonds. The summed E-state index contributed by atoms with van der Waals surface area (Å²) < 4.78 is 28.4. The SMILES string of the molecule is C[C@@]1(O)CC(F)(F)Cc2c1[nH]c(=O)c1sc(-c3cn[nH]c3)cc21. The number of aromatic nitrogens is 3. The molecule has 0 saturated heterocycles. The van der Waals surface area contributed by atoms with Crippen molar-refractivity contribution < 1.29 is 13.9 Å². The molecule has 23 heavy (non-hydrogen) atoms. The van der Waals surface area contributed by atoms with Crippen molar-refractivity contribution in [1.29, 1.82) is 0 Å². The van der Waals surface area contributed by atoms with E-state index in [1.54, 1.807) is 18.5 Å². The minimum Gasteiger partial charge on any atom is -0.384 e. The maximum atomic E-state index is 14.0. The second kappa shape index (κ2) is 4.48. The Morgan fingerprint density at radius 3 is 2.91 bits per heavy atom. The van der Waals surface area contributed by atoms with Gasteiger partial charge in [-0.2, -0.15) is 5.10 Å². The van der Waals surface area contributed by atoms with Crippen LogP contribution in [0.25, 0.3) is 20.5 Å². The highest BCUT2D eigenvalue weighted by Gasteiger charge is 2.47. The van der Waals surface area contributed by atoms with E-state index in [4.69, 9.17) is 0 Å². The van der Waals surface area contributed by atoms with Crippen molar-refractivity contribution in [1.82, 2.24) is 15.2 Å². The molecule has 0 fully saturated rings. The molecule has 0 saturated carbocycles. The predicted octanol–water partition coefficient (Wildman–Crippen LogP) is 2.77. The summed E-state index contributed by atoms with van der Waals surface area (Å²) in [7, 11) is 0. The lowest BCUT2D eigenvalue weighted by Crippen LogP contribution is -2.41. The lowest BCUT2D eigenvalue weighted by molar-refractivity contribution is -0.0974. The molecule has 0 radical (unpaired) electrons. The first kappa shape index (κ1) is 14.5. The average molecular weight is 337 g/mol. The van der Waals surface area contributed by atoms with Crippen molar-refractivity contribution in [2.75, 3.05) is 0 Å². The molecular formula is C15H13F2N3O2S. The van der Waals surface area contributed by atoms with Crippen molar-refractivity contribution in [2.45, 2.75) is 31.3 Å². The summed E-state index contributed by atoms with van der Waals surface area (Å²) in [5.41, 5.74) is -0.843. The third-order valence-electron chi connectivity index (χ3n) is 4.16. The van der Waals surface area contributed by atoms with E-state index in [1.807, 2.05) is 0 Å². The second-order valence-electron chi connectivity index (χ2n) is 6.13. The number of rotatable bonds is 1. The van der Waals surface area contributed by atoms with Gasteiger partial charge in [-0.1, -0.05) is 0 Å². The zero-order chi connectivity index (χ0) is 16.4. The Morgan fingerprint density at radius 2 is 2.22 bits per heavy atom. The summed E-state index contributed by atoms with van der Waals surface area (Å²) in [6.07, 6.45) is 2.09. The van der Waals surface area contributed by atoms with Crippen LogP contribution in [0, 0.1) is 0 Å². The summed E-state index contributed by atoms with van der Waals surface area (Å²) >= 11 is 1.22. The first-order valence-corrected chi connectivity index (χ1v) is 7.87. The Bertz CT molecular complexity index is 957. The topological polar surface area (TPSA) is 81.8 Å². The lowest BCUT2D eigenvalue weighted by atomic mass is 9.80. The van der Waals surface area contributed by atoms with Crippen LogP contribution in [-0.4, -0.2) is 26.2 Å². The van der Waals surface area contributed by atoms with Crippen molar-refractivity contribution in [3.05, 3.63) is 40.1 Å². The van der Waals surface area contributed by atoms with Gasteiger partial charge in [0.25, 0.3) is 11.5 Å². The van der Waals surface area contributed by atoms with Crippen molar-refractivity contribution >= 4 is 21.4 Å². The maximum Gasteiger partial charge on any atom is 0.266 e. The van der Waals surface area contributed by atoms with Gasteiger partial charge < -0.3 is 10.1 Å². The van der Waals surface area contributed by atoms with E-state index in [0.717, 1.165) is 10.4 Å². The molecule has 0 unspecified atom stereocenters. The van der Waals surface area contributed by atoms with Crippen LogP contribution in [-0.2, 0) is 12.0 Å². The van der Waals surface area contributed by atoms with Gasteiger partial charge in [-0.3, -0.25) is 9.89 Å². The van der Waals surface area contributed by atoms with Gasteiger partial charge in [-0.05, 0) is 18.6 Å². The molecule has 1 aliphatic rings. The Kier molecular flexibility index (Phi) is 2.83. The van der Waals surface area contributed by atoms with Crippen LogP contribution in [0.2, 0.25) is 0 Å². The highest BCUT2D eigenvalue weighted by atomic mass is 32.1. The fourth-order valence-electron chi connectivity index (χ4n) is 3.25. The molecule has 4 rings (SSSR count). The number of halogens is 2. The van der Waals surface area contributed by atoms with Gasteiger partial charge in [0.15, 0.2) is 0 Å². The number of H-pyrrole nitrogens is 2. The molecule has 3 N–H and O–H groups in total. The zero-order valence-electron chi connectivity index (χ0n) is 12.1. The maximum absolute atomic E-state index is 14.0. The number of alkyl halides is 2. The van der Waals surface area contributed by atoms with Gasteiger partial charge in [0.2, 0.25) is 0 Å². The molecule has 3 aromatic heterocycles. The van der Waals surface area contributed by atoms with E-state index in [0.29, 0.717) is 15.6 Å². The smallest absolute Gasteiger partial charge is 0.266 e. The van der Waals surface area contributed by atoms with E-state index in [9.17, 15) is 18.7 Å². The Morgan fingerprint density at radius 1 is 1.43 bits per heavy atom. The molecule has 3 heterocycles. The lowest BCUT2D eigenvalue weighted by Gasteiger charge is -2.35. The first-order chi connectivity index (χ1) is 10.8. The summed E-state index contributed by atoms with van der Waals surface area (Å²) in [4.78, 5) is 15.7. The predicted molar refractivity (Wildman–Crippen MR) is 82.9 cm³/mol. The van der Waals surface area contributed by atoms with Crippen LogP contribution in [0.3, 0.4) is 0 Å². The number of aromatic amines is 2. The van der Waals surface area contributed by atoms with E-state index in [1.165, 1.54) is 18.3 Å². The molecule has 0 spiro atoms. The van der Waals surface area contributed by atoms with Crippen molar-refractivity contribution in [3.8, 4) is 10.4 Å². The third-order valence-corrected chi connectivity index (χ3v) is 5.35. The second-order valence-corrected chi connectivity index (χ2v) is 7.18. The largest absolute Gasteiger partial charge is 0.384 e. The van der Waals surface area contributed by atoms with Crippen molar-refractivity contribution in [2.24, 2.45) is 0 Å². The number of nitrogens with zero attached hydrogens (tertiary/aromatic N) is 1. The number of nitrogens with one attached hydrogen (secondary N) is 2. The fraction of sp³-hybridized carbons (Fsp3) is 0.333. The van der Waals surface area contributed by atoms with Crippen LogP contribution < -0.4 is 5.56 Å². The summed E-state index contributed by atoms with van der Waals surface area (Å²) in [6.45, 7) is 1.31. The van der Waals surface area contributed by atoms with Crippen LogP contribution >= 0.6 is 11.3 Å². The van der Waals surface area contributed by atoms with Crippen molar-refractivity contribution in [3.63, 3.8) is 0 Å². The van der Waals surface area contributed by atoms with Crippen LogP contribution in [0.1, 0.15) is 24.6 Å².